The van der Waals surface area contributed by atoms with E-state index in [9.17, 15) is 4.79 Å². The van der Waals surface area contributed by atoms with Crippen LogP contribution in [0.1, 0.15) is 12.7 Å². The lowest BCUT2D eigenvalue weighted by molar-refractivity contribution is -0.679. The van der Waals surface area contributed by atoms with Gasteiger partial charge in [0.25, 0.3) is 5.82 Å². The Labute approximate surface area is 106 Å². The van der Waals surface area contributed by atoms with Crippen molar-refractivity contribution >= 4 is 5.97 Å². The molecule has 5 nitrogen and oxygen atoms in total. The summed E-state index contributed by atoms with van der Waals surface area (Å²) in [6, 6.07) is 9.76. The van der Waals surface area contributed by atoms with Gasteiger partial charge in [0.1, 0.15) is 12.1 Å². The number of hydrogen-bond donors (Lipinski definition) is 0. The van der Waals surface area contributed by atoms with Crippen molar-refractivity contribution in [1.29, 1.82) is 0 Å². The van der Waals surface area contributed by atoms with Crippen molar-refractivity contribution in [2.24, 2.45) is 7.05 Å². The Hall–Kier alpha value is -2.17. The molecule has 18 heavy (non-hydrogen) atoms. The highest BCUT2D eigenvalue weighted by molar-refractivity contribution is 5.71. The Morgan fingerprint density at radius 1 is 1.39 bits per heavy atom. The second kappa shape index (κ2) is 5.44. The Morgan fingerprint density at radius 3 is 2.78 bits per heavy atom. The molecule has 0 N–H and O–H groups in total. The molecule has 0 aliphatic heterocycles. The van der Waals surface area contributed by atoms with E-state index in [1.54, 1.807) is 11.6 Å². The maximum absolute atomic E-state index is 11.4. The average Bonchev–Trinajstić information content (AvgIpc) is 2.72. The Morgan fingerprint density at radius 2 is 2.11 bits per heavy atom. The van der Waals surface area contributed by atoms with E-state index in [0.717, 1.165) is 5.69 Å². The third-order valence-corrected chi connectivity index (χ3v) is 2.54. The van der Waals surface area contributed by atoms with Gasteiger partial charge in [-0.2, -0.15) is 0 Å². The molecule has 2 aromatic rings. The van der Waals surface area contributed by atoms with E-state index in [0.29, 0.717) is 12.4 Å². The first-order chi connectivity index (χ1) is 8.70. The number of rotatable bonds is 4. The van der Waals surface area contributed by atoms with Crippen LogP contribution in [-0.4, -0.2) is 22.4 Å². The fourth-order valence-corrected chi connectivity index (χ4v) is 1.66. The lowest BCUT2D eigenvalue weighted by Gasteiger charge is -1.96. The minimum absolute atomic E-state index is 0.185. The molecule has 94 valence electrons. The van der Waals surface area contributed by atoms with Gasteiger partial charge in [-0.3, -0.25) is 4.79 Å². The van der Waals surface area contributed by atoms with E-state index in [4.69, 9.17) is 4.74 Å². The van der Waals surface area contributed by atoms with E-state index >= 15 is 0 Å². The van der Waals surface area contributed by atoms with Gasteiger partial charge < -0.3 is 4.74 Å². The van der Waals surface area contributed by atoms with Gasteiger partial charge in [-0.1, -0.05) is 22.9 Å². The summed E-state index contributed by atoms with van der Waals surface area (Å²) in [6.45, 7) is 2.18. The summed E-state index contributed by atoms with van der Waals surface area (Å²) in [5.41, 5.74) is 0.961. The number of para-hydroxylation sites is 1. The summed E-state index contributed by atoms with van der Waals surface area (Å²) in [5, 5.41) is 4.38. The molecule has 1 heterocycles. The number of esters is 1. The van der Waals surface area contributed by atoms with E-state index in [1.807, 2.05) is 48.3 Å². The Balaban J connectivity index is 2.20. The molecule has 0 saturated carbocycles. The van der Waals surface area contributed by atoms with Gasteiger partial charge in [-0.15, -0.1) is 0 Å². The minimum Gasteiger partial charge on any atom is -0.466 e. The molecule has 1 aromatic heterocycles. The molecule has 0 aliphatic carbocycles. The van der Waals surface area contributed by atoms with Gasteiger partial charge in [0.2, 0.25) is 6.33 Å². The van der Waals surface area contributed by atoms with Crippen LogP contribution in [0.3, 0.4) is 0 Å². The van der Waals surface area contributed by atoms with Crippen LogP contribution in [0.5, 0.6) is 0 Å². The van der Waals surface area contributed by atoms with Crippen LogP contribution in [0, 0.1) is 0 Å². The number of carbonyl (C=O) groups excluding carboxylic acids is 1. The SMILES string of the molecule is CCOC(=O)Cc1nn(-c2ccccc2)c[n+]1C. The first kappa shape index (κ1) is 12.3. The van der Waals surface area contributed by atoms with Crippen molar-refractivity contribution in [3.8, 4) is 5.69 Å². The van der Waals surface area contributed by atoms with Gasteiger partial charge in [0.05, 0.1) is 13.7 Å². The van der Waals surface area contributed by atoms with E-state index in [2.05, 4.69) is 5.10 Å². The van der Waals surface area contributed by atoms with Crippen molar-refractivity contribution < 1.29 is 14.1 Å². The van der Waals surface area contributed by atoms with Gasteiger partial charge in [0.15, 0.2) is 0 Å². The number of ether oxygens (including phenoxy) is 1. The third-order valence-electron chi connectivity index (χ3n) is 2.54. The zero-order chi connectivity index (χ0) is 13.0. The molecule has 2 rings (SSSR count). The Kier molecular flexibility index (Phi) is 3.72. The average molecular weight is 246 g/mol. The topological polar surface area (TPSA) is 48.0 Å². The molecule has 1 aromatic carbocycles. The second-order valence-electron chi connectivity index (χ2n) is 3.90. The van der Waals surface area contributed by atoms with Crippen molar-refractivity contribution in [1.82, 2.24) is 9.78 Å². The molecule has 0 amide bonds. The van der Waals surface area contributed by atoms with E-state index < -0.39 is 0 Å². The van der Waals surface area contributed by atoms with Crippen molar-refractivity contribution in [3.63, 3.8) is 0 Å². The van der Waals surface area contributed by atoms with Crippen LogP contribution < -0.4 is 4.57 Å². The summed E-state index contributed by atoms with van der Waals surface area (Å²) in [4.78, 5) is 11.4. The molecule has 0 radical (unpaired) electrons. The summed E-state index contributed by atoms with van der Waals surface area (Å²) < 4.78 is 8.48. The lowest BCUT2D eigenvalue weighted by atomic mass is 10.3. The summed E-state index contributed by atoms with van der Waals surface area (Å²) >= 11 is 0. The van der Waals surface area contributed by atoms with Gasteiger partial charge in [0, 0.05) is 5.10 Å². The zero-order valence-corrected chi connectivity index (χ0v) is 10.5. The first-order valence-corrected chi connectivity index (χ1v) is 5.86. The molecule has 0 bridgehead atoms. The van der Waals surface area contributed by atoms with Crippen molar-refractivity contribution in [2.75, 3.05) is 6.61 Å². The minimum atomic E-state index is -0.258. The second-order valence-corrected chi connectivity index (χ2v) is 3.90. The first-order valence-electron chi connectivity index (χ1n) is 5.86. The van der Waals surface area contributed by atoms with Gasteiger partial charge in [-0.25, -0.2) is 4.57 Å². The summed E-state index contributed by atoms with van der Waals surface area (Å²) in [6.07, 6.45) is 2.02. The van der Waals surface area contributed by atoms with Crippen LogP contribution in [0.15, 0.2) is 36.7 Å². The molecule has 5 heteroatoms. The van der Waals surface area contributed by atoms with E-state index in [1.165, 1.54) is 0 Å². The van der Waals surface area contributed by atoms with Crippen LogP contribution >= 0.6 is 0 Å². The van der Waals surface area contributed by atoms with Crippen LogP contribution in [0.2, 0.25) is 0 Å². The molecule has 0 saturated heterocycles. The highest BCUT2D eigenvalue weighted by atomic mass is 16.5. The Bertz CT molecular complexity index is 534. The fraction of sp³-hybridized carbons (Fsp3) is 0.308. The molecule has 0 atom stereocenters. The van der Waals surface area contributed by atoms with Crippen molar-refractivity contribution in [3.05, 3.63) is 42.5 Å². The smallest absolute Gasteiger partial charge is 0.316 e. The number of hydrogen-bond acceptors (Lipinski definition) is 3. The highest BCUT2D eigenvalue weighted by Gasteiger charge is 2.19. The number of aromatic nitrogens is 3. The molecule has 0 fully saturated rings. The van der Waals surface area contributed by atoms with Gasteiger partial charge in [-0.05, 0) is 19.1 Å². The molecular weight excluding hydrogens is 230 g/mol. The summed E-state index contributed by atoms with van der Waals surface area (Å²) in [5.74, 6) is 0.420. The monoisotopic (exact) mass is 246 g/mol. The third kappa shape index (κ3) is 2.74. The normalized spacial score (nSPS) is 10.3. The van der Waals surface area contributed by atoms with Crippen molar-refractivity contribution in [2.45, 2.75) is 13.3 Å². The number of nitrogens with zero attached hydrogens (tertiary/aromatic N) is 3. The maximum Gasteiger partial charge on any atom is 0.316 e. The fourth-order valence-electron chi connectivity index (χ4n) is 1.66. The van der Waals surface area contributed by atoms with Crippen LogP contribution in [0.4, 0.5) is 0 Å². The largest absolute Gasteiger partial charge is 0.466 e. The lowest BCUT2D eigenvalue weighted by Crippen LogP contribution is -2.32. The molecular formula is C13H16N3O2+. The molecule has 0 aliphatic rings. The predicted octanol–water partition coefficient (Wildman–Crippen LogP) is 0.802. The number of benzene rings is 1. The standard InChI is InChI=1S/C13H16N3O2/c1-3-18-13(17)9-12-14-16(10-15(12)2)11-7-5-4-6-8-11/h4-8,10H,3,9H2,1-2H3/q+1. The number of carbonyl (C=O) groups is 1. The highest BCUT2D eigenvalue weighted by Crippen LogP contribution is 2.04. The molecule has 0 unspecified atom stereocenters. The van der Waals surface area contributed by atoms with Crippen LogP contribution in [-0.2, 0) is 23.0 Å². The molecule has 0 spiro atoms. The summed E-state index contributed by atoms with van der Waals surface area (Å²) in [7, 11) is 1.86. The zero-order valence-electron chi connectivity index (χ0n) is 10.5. The quantitative estimate of drug-likeness (QED) is 0.592. The van der Waals surface area contributed by atoms with E-state index in [-0.39, 0.29) is 12.4 Å². The van der Waals surface area contributed by atoms with Gasteiger partial charge >= 0.3 is 5.97 Å². The maximum atomic E-state index is 11.4. The number of aryl methyl sites for hydroxylation is 1. The van der Waals surface area contributed by atoms with Crippen LogP contribution in [0.25, 0.3) is 5.69 Å². The predicted molar refractivity (Wildman–Crippen MR) is 65.1 cm³/mol.